The van der Waals surface area contributed by atoms with E-state index in [1.807, 2.05) is 0 Å². The van der Waals surface area contributed by atoms with Crippen molar-refractivity contribution < 1.29 is 14.5 Å². The van der Waals surface area contributed by atoms with Gasteiger partial charge in [0.25, 0.3) is 5.69 Å². The fourth-order valence-corrected chi connectivity index (χ4v) is 1.15. The van der Waals surface area contributed by atoms with Crippen LogP contribution in [0.3, 0.4) is 0 Å². The average molecular weight is 244 g/mol. The van der Waals surface area contributed by atoms with Crippen molar-refractivity contribution in [3.05, 3.63) is 39.4 Å². The van der Waals surface area contributed by atoms with E-state index in [1.54, 1.807) is 13.0 Å². The molecule has 0 aliphatic carbocycles. The van der Waals surface area contributed by atoms with Crippen molar-refractivity contribution in [1.29, 1.82) is 5.26 Å². The number of carbonyl (C=O) groups is 1. The van der Waals surface area contributed by atoms with Crippen molar-refractivity contribution in [3.8, 4) is 17.9 Å². The van der Waals surface area contributed by atoms with Crippen molar-refractivity contribution in [2.24, 2.45) is 0 Å². The Kier molecular flexibility index (Phi) is 4.42. The molecule has 0 saturated heterocycles. The van der Waals surface area contributed by atoms with Crippen LogP contribution in [-0.2, 0) is 9.53 Å². The van der Waals surface area contributed by atoms with E-state index >= 15 is 0 Å². The summed E-state index contributed by atoms with van der Waals surface area (Å²) in [7, 11) is 0. The molecule has 0 N–H and O–H groups in total. The molecule has 1 aromatic carbocycles. The summed E-state index contributed by atoms with van der Waals surface area (Å²) in [6.07, 6.45) is 0. The van der Waals surface area contributed by atoms with Gasteiger partial charge in [-0.2, -0.15) is 5.26 Å². The topological polar surface area (TPSA) is 93.2 Å². The molecule has 0 spiro atoms. The van der Waals surface area contributed by atoms with Gasteiger partial charge in [0, 0.05) is 17.6 Å². The number of nitro groups is 1. The number of benzene rings is 1. The van der Waals surface area contributed by atoms with Gasteiger partial charge in [-0.1, -0.05) is 5.92 Å². The van der Waals surface area contributed by atoms with Crippen molar-refractivity contribution in [2.75, 3.05) is 6.61 Å². The minimum absolute atomic E-state index is 0.0540. The molecule has 0 heterocycles. The van der Waals surface area contributed by atoms with Gasteiger partial charge in [-0.25, -0.2) is 4.79 Å². The monoisotopic (exact) mass is 244 g/mol. The van der Waals surface area contributed by atoms with E-state index in [2.05, 4.69) is 16.6 Å². The summed E-state index contributed by atoms with van der Waals surface area (Å²) in [5.74, 6) is 3.92. The number of carbonyl (C=O) groups excluding carboxylic acids is 1. The third-order valence-electron chi connectivity index (χ3n) is 1.90. The van der Waals surface area contributed by atoms with Crippen LogP contribution in [0.2, 0.25) is 0 Å². The van der Waals surface area contributed by atoms with Crippen molar-refractivity contribution >= 4 is 11.7 Å². The maximum atomic E-state index is 11.0. The van der Waals surface area contributed by atoms with Crippen LogP contribution in [0.4, 0.5) is 5.69 Å². The van der Waals surface area contributed by atoms with Crippen molar-refractivity contribution in [1.82, 2.24) is 0 Å². The number of hydrogen-bond acceptors (Lipinski definition) is 5. The van der Waals surface area contributed by atoms with Crippen LogP contribution in [0, 0.1) is 33.3 Å². The quantitative estimate of drug-likeness (QED) is 0.339. The molecule has 1 aromatic rings. The second-order valence-corrected chi connectivity index (χ2v) is 3.07. The predicted molar refractivity (Wildman–Crippen MR) is 61.3 cm³/mol. The summed E-state index contributed by atoms with van der Waals surface area (Å²) in [5, 5.41) is 19.4. The molecule has 0 bridgehead atoms. The van der Waals surface area contributed by atoms with Gasteiger partial charge in [-0.15, -0.1) is 0 Å². The number of nitriles is 1. The molecule has 0 unspecified atom stereocenters. The standard InChI is InChI=1S/C12H8N2O4/c1-2-18-12(15)6-4-9-3-5-10(8-13)11(7-9)14(16)17/h3,5,7H,2H2,1H3. The van der Waals surface area contributed by atoms with Gasteiger partial charge < -0.3 is 4.74 Å². The fraction of sp³-hybridized carbons (Fsp3) is 0.167. The zero-order chi connectivity index (χ0) is 13.5. The van der Waals surface area contributed by atoms with E-state index in [0.717, 1.165) is 6.07 Å². The van der Waals surface area contributed by atoms with E-state index < -0.39 is 10.9 Å². The van der Waals surface area contributed by atoms with Crippen LogP contribution >= 0.6 is 0 Å². The van der Waals surface area contributed by atoms with Crippen molar-refractivity contribution in [3.63, 3.8) is 0 Å². The Morgan fingerprint density at radius 2 is 2.28 bits per heavy atom. The number of esters is 1. The van der Waals surface area contributed by atoms with E-state index in [0.29, 0.717) is 0 Å². The number of hydrogen-bond donors (Lipinski definition) is 0. The second kappa shape index (κ2) is 6.02. The SMILES string of the molecule is CCOC(=O)C#Cc1ccc(C#N)c([N+](=O)[O-])c1. The maximum absolute atomic E-state index is 11.0. The molecule has 0 aromatic heterocycles. The van der Waals surface area contributed by atoms with E-state index in [9.17, 15) is 14.9 Å². The van der Waals surface area contributed by atoms with Gasteiger partial charge in [0.1, 0.15) is 11.6 Å². The highest BCUT2D eigenvalue weighted by Crippen LogP contribution is 2.18. The first-order valence-electron chi connectivity index (χ1n) is 4.95. The maximum Gasteiger partial charge on any atom is 0.384 e. The summed E-state index contributed by atoms with van der Waals surface area (Å²) in [4.78, 5) is 21.0. The first-order chi connectivity index (χ1) is 8.58. The van der Waals surface area contributed by atoms with Gasteiger partial charge in [0.15, 0.2) is 0 Å². The molecule has 1 rings (SSSR count). The lowest BCUT2D eigenvalue weighted by molar-refractivity contribution is -0.385. The lowest BCUT2D eigenvalue weighted by atomic mass is 10.1. The molecule has 0 amide bonds. The molecule has 0 radical (unpaired) electrons. The number of rotatable bonds is 2. The normalized spacial score (nSPS) is 8.67. The highest BCUT2D eigenvalue weighted by molar-refractivity contribution is 5.89. The Morgan fingerprint density at radius 1 is 1.56 bits per heavy atom. The predicted octanol–water partition coefficient (Wildman–Crippen LogP) is 1.38. The summed E-state index contributed by atoms with van der Waals surface area (Å²) in [6, 6.07) is 5.56. The lowest BCUT2D eigenvalue weighted by Crippen LogP contribution is -1.99. The molecule has 0 fully saturated rings. The molecule has 0 aliphatic rings. The largest absolute Gasteiger partial charge is 0.456 e. The first kappa shape index (κ1) is 13.2. The van der Waals surface area contributed by atoms with Crippen LogP contribution in [0.15, 0.2) is 18.2 Å². The molecule has 0 atom stereocenters. The Balaban J connectivity index is 3.07. The zero-order valence-corrected chi connectivity index (χ0v) is 9.47. The Hall–Kier alpha value is -2.86. The summed E-state index contributed by atoms with van der Waals surface area (Å²) < 4.78 is 4.59. The third kappa shape index (κ3) is 3.32. The van der Waals surface area contributed by atoms with Crippen molar-refractivity contribution in [2.45, 2.75) is 6.92 Å². The highest BCUT2D eigenvalue weighted by atomic mass is 16.6. The lowest BCUT2D eigenvalue weighted by Gasteiger charge is -1.95. The minimum Gasteiger partial charge on any atom is -0.456 e. The number of nitrogens with zero attached hydrogens (tertiary/aromatic N) is 2. The van der Waals surface area contributed by atoms with E-state index in [-0.39, 0.29) is 23.4 Å². The van der Waals surface area contributed by atoms with Gasteiger partial charge in [0.2, 0.25) is 0 Å². The van der Waals surface area contributed by atoms with E-state index in [1.165, 1.54) is 12.1 Å². The van der Waals surface area contributed by atoms with Gasteiger partial charge in [-0.3, -0.25) is 10.1 Å². The molecular formula is C12H8N2O4. The molecule has 90 valence electrons. The smallest absolute Gasteiger partial charge is 0.384 e. The van der Waals surface area contributed by atoms with Crippen LogP contribution in [0.25, 0.3) is 0 Å². The molecule has 18 heavy (non-hydrogen) atoms. The number of nitro benzene ring substituents is 1. The van der Waals surface area contributed by atoms with Crippen LogP contribution in [0.1, 0.15) is 18.1 Å². The Bertz CT molecular complexity index is 590. The van der Waals surface area contributed by atoms with Gasteiger partial charge >= 0.3 is 5.97 Å². The third-order valence-corrected chi connectivity index (χ3v) is 1.90. The zero-order valence-electron chi connectivity index (χ0n) is 9.47. The number of ether oxygens (including phenoxy) is 1. The Morgan fingerprint density at radius 3 is 2.83 bits per heavy atom. The van der Waals surface area contributed by atoms with E-state index in [4.69, 9.17) is 5.26 Å². The summed E-state index contributed by atoms with van der Waals surface area (Å²) >= 11 is 0. The molecule has 6 nitrogen and oxygen atoms in total. The fourth-order valence-electron chi connectivity index (χ4n) is 1.15. The van der Waals surface area contributed by atoms with Crippen LogP contribution in [-0.4, -0.2) is 17.5 Å². The molecule has 0 saturated carbocycles. The summed E-state index contributed by atoms with van der Waals surface area (Å²) in [6.45, 7) is 1.85. The minimum atomic E-state index is -0.704. The van der Waals surface area contributed by atoms with Crippen LogP contribution < -0.4 is 0 Å². The Labute approximate surface area is 103 Å². The first-order valence-corrected chi connectivity index (χ1v) is 4.95. The molecule has 6 heteroatoms. The second-order valence-electron chi connectivity index (χ2n) is 3.07. The average Bonchev–Trinajstić information content (AvgIpc) is 2.36. The molecular weight excluding hydrogens is 236 g/mol. The van der Waals surface area contributed by atoms with Crippen LogP contribution in [0.5, 0.6) is 0 Å². The van der Waals surface area contributed by atoms with Gasteiger partial charge in [0.05, 0.1) is 11.5 Å². The van der Waals surface area contributed by atoms with Gasteiger partial charge in [-0.05, 0) is 19.1 Å². The summed E-state index contributed by atoms with van der Waals surface area (Å²) in [5.41, 5.74) is -0.122. The molecule has 0 aliphatic heterocycles. The highest BCUT2D eigenvalue weighted by Gasteiger charge is 2.13.